The van der Waals surface area contributed by atoms with E-state index < -0.39 is 10.0 Å². The van der Waals surface area contributed by atoms with Gasteiger partial charge in [-0.2, -0.15) is 9.57 Å². The molecule has 0 atom stereocenters. The highest BCUT2D eigenvalue weighted by Crippen LogP contribution is 2.34. The first-order chi connectivity index (χ1) is 8.76. The van der Waals surface area contributed by atoms with Crippen molar-refractivity contribution < 1.29 is 8.42 Å². The van der Waals surface area contributed by atoms with Crippen molar-refractivity contribution in [2.45, 2.75) is 25.2 Å². The molecule has 1 aliphatic rings. The normalized spacial score (nSPS) is 19.3. The lowest BCUT2D eigenvalue weighted by molar-refractivity contribution is 0.375. The van der Waals surface area contributed by atoms with Gasteiger partial charge in [-0.1, -0.05) is 25.4 Å². The van der Waals surface area contributed by atoms with Gasteiger partial charge in [0.15, 0.2) is 0 Å². The van der Waals surface area contributed by atoms with Crippen LogP contribution in [0.25, 0.3) is 0 Å². The first-order valence-corrected chi connectivity index (χ1v) is 7.78. The molecule has 0 radical (unpaired) electrons. The van der Waals surface area contributed by atoms with E-state index in [1.54, 1.807) is 0 Å². The number of hydrogen-bond donors (Lipinski definition) is 0. The summed E-state index contributed by atoms with van der Waals surface area (Å²) in [5.41, 5.74) is 0.345. The van der Waals surface area contributed by atoms with E-state index in [0.29, 0.717) is 18.7 Å². The van der Waals surface area contributed by atoms with Crippen molar-refractivity contribution in [3.63, 3.8) is 0 Å². The van der Waals surface area contributed by atoms with Crippen LogP contribution in [0.15, 0.2) is 23.1 Å². The summed E-state index contributed by atoms with van der Waals surface area (Å²) in [5.74, 6) is 0. The summed E-state index contributed by atoms with van der Waals surface area (Å²) < 4.78 is 26.5. The molecule has 0 bridgehead atoms. The van der Waals surface area contributed by atoms with Gasteiger partial charge >= 0.3 is 0 Å². The average Bonchev–Trinajstić information content (AvgIpc) is 2.69. The van der Waals surface area contributed by atoms with Crippen molar-refractivity contribution in [2.24, 2.45) is 5.41 Å². The fourth-order valence-corrected chi connectivity index (χ4v) is 4.33. The zero-order chi connectivity index (χ0) is 14.3. The number of hydrogen-bond acceptors (Lipinski definition) is 3. The maximum atomic E-state index is 12.5. The predicted octanol–water partition coefficient (Wildman–Crippen LogP) is 2.63. The second-order valence-electron chi connectivity index (χ2n) is 5.51. The van der Waals surface area contributed by atoms with Crippen LogP contribution in [0.3, 0.4) is 0 Å². The molecule has 102 valence electrons. The van der Waals surface area contributed by atoms with E-state index in [-0.39, 0.29) is 15.3 Å². The van der Waals surface area contributed by atoms with E-state index in [4.69, 9.17) is 16.9 Å². The Morgan fingerprint density at radius 3 is 2.58 bits per heavy atom. The second-order valence-corrected chi connectivity index (χ2v) is 7.82. The number of nitrogens with zero attached hydrogens (tertiary/aromatic N) is 2. The molecule has 1 heterocycles. The van der Waals surface area contributed by atoms with E-state index in [0.717, 1.165) is 6.42 Å². The largest absolute Gasteiger partial charge is 0.244 e. The van der Waals surface area contributed by atoms with Crippen LogP contribution in [-0.2, 0) is 10.0 Å². The maximum absolute atomic E-state index is 12.5. The van der Waals surface area contributed by atoms with E-state index >= 15 is 0 Å². The quantitative estimate of drug-likeness (QED) is 0.843. The minimum atomic E-state index is -3.57. The van der Waals surface area contributed by atoms with Gasteiger partial charge in [-0.15, -0.1) is 0 Å². The highest BCUT2D eigenvalue weighted by Gasteiger charge is 2.37. The zero-order valence-corrected chi connectivity index (χ0v) is 12.4. The molecule has 0 unspecified atom stereocenters. The van der Waals surface area contributed by atoms with E-state index in [1.165, 1.54) is 22.5 Å². The number of nitriles is 1. The smallest absolute Gasteiger partial charge is 0.207 e. The molecule has 0 spiro atoms. The average molecular weight is 299 g/mol. The van der Waals surface area contributed by atoms with E-state index in [2.05, 4.69) is 0 Å². The van der Waals surface area contributed by atoms with Crippen molar-refractivity contribution in [3.05, 3.63) is 28.8 Å². The summed E-state index contributed by atoms with van der Waals surface area (Å²) in [7, 11) is -3.57. The highest BCUT2D eigenvalue weighted by molar-refractivity contribution is 7.89. The standard InChI is InChI=1S/C13H15ClN2O2S/c1-13(2)5-6-16(9-13)19(17,18)12-4-3-10(8-15)7-11(12)14/h3-4,7H,5-6,9H2,1-2H3. The molecule has 2 rings (SSSR count). The van der Waals surface area contributed by atoms with Crippen LogP contribution in [0.2, 0.25) is 5.02 Å². The molecule has 0 aliphatic carbocycles. The van der Waals surface area contributed by atoms with Gasteiger partial charge in [-0.25, -0.2) is 8.42 Å². The summed E-state index contributed by atoms with van der Waals surface area (Å²) >= 11 is 5.99. The molecule has 19 heavy (non-hydrogen) atoms. The van der Waals surface area contributed by atoms with Crippen molar-refractivity contribution in [1.29, 1.82) is 5.26 Å². The Kier molecular flexibility index (Phi) is 3.61. The zero-order valence-electron chi connectivity index (χ0n) is 10.9. The Labute approximate surface area is 118 Å². The molecule has 6 heteroatoms. The van der Waals surface area contributed by atoms with Gasteiger partial charge < -0.3 is 0 Å². The third-order valence-corrected chi connectivity index (χ3v) is 5.65. The first-order valence-electron chi connectivity index (χ1n) is 5.96. The Hall–Kier alpha value is -1.09. The molecule has 1 aromatic rings. The molecule has 4 nitrogen and oxygen atoms in total. The number of rotatable bonds is 2. The lowest BCUT2D eigenvalue weighted by Gasteiger charge is -2.20. The van der Waals surface area contributed by atoms with E-state index in [1.807, 2.05) is 19.9 Å². The van der Waals surface area contributed by atoms with Gasteiger partial charge in [0, 0.05) is 13.1 Å². The summed E-state index contributed by atoms with van der Waals surface area (Å²) in [6, 6.07) is 6.20. The van der Waals surface area contributed by atoms with Gasteiger partial charge in [0.05, 0.1) is 16.7 Å². The topological polar surface area (TPSA) is 61.2 Å². The summed E-state index contributed by atoms with van der Waals surface area (Å²) in [4.78, 5) is 0.0749. The monoisotopic (exact) mass is 298 g/mol. The van der Waals surface area contributed by atoms with Gasteiger partial charge in [0.2, 0.25) is 10.0 Å². The fraction of sp³-hybridized carbons (Fsp3) is 0.462. The molecular weight excluding hydrogens is 284 g/mol. The van der Waals surface area contributed by atoms with Gasteiger partial charge in [0.1, 0.15) is 4.90 Å². The Balaban J connectivity index is 2.39. The lowest BCUT2D eigenvalue weighted by Crippen LogP contribution is -2.30. The molecule has 0 saturated carbocycles. The minimum Gasteiger partial charge on any atom is -0.207 e. The van der Waals surface area contributed by atoms with Gasteiger partial charge in [-0.05, 0) is 30.0 Å². The molecular formula is C13H15ClN2O2S. The van der Waals surface area contributed by atoms with Crippen molar-refractivity contribution in [1.82, 2.24) is 4.31 Å². The van der Waals surface area contributed by atoms with Crippen LogP contribution < -0.4 is 0 Å². The van der Waals surface area contributed by atoms with Crippen LogP contribution in [0.4, 0.5) is 0 Å². The first kappa shape index (κ1) is 14.3. The Morgan fingerprint density at radius 2 is 2.11 bits per heavy atom. The molecule has 1 aromatic carbocycles. The highest BCUT2D eigenvalue weighted by atomic mass is 35.5. The van der Waals surface area contributed by atoms with Gasteiger partial charge in [0.25, 0.3) is 0 Å². The van der Waals surface area contributed by atoms with Crippen LogP contribution in [0.5, 0.6) is 0 Å². The number of sulfonamides is 1. The Morgan fingerprint density at radius 1 is 1.42 bits per heavy atom. The van der Waals surface area contributed by atoms with Crippen LogP contribution in [0.1, 0.15) is 25.8 Å². The van der Waals surface area contributed by atoms with Crippen molar-refractivity contribution in [2.75, 3.05) is 13.1 Å². The number of halogens is 1. The molecule has 1 saturated heterocycles. The maximum Gasteiger partial charge on any atom is 0.244 e. The molecule has 1 fully saturated rings. The molecule has 0 N–H and O–H groups in total. The molecule has 0 aromatic heterocycles. The molecule has 1 aliphatic heterocycles. The predicted molar refractivity (Wildman–Crippen MR) is 73.3 cm³/mol. The summed E-state index contributed by atoms with van der Waals surface area (Å²) in [6.07, 6.45) is 0.833. The lowest BCUT2D eigenvalue weighted by atomic mass is 9.93. The third-order valence-electron chi connectivity index (χ3n) is 3.32. The van der Waals surface area contributed by atoms with Gasteiger partial charge in [-0.3, -0.25) is 0 Å². The van der Waals surface area contributed by atoms with Crippen LogP contribution in [-0.4, -0.2) is 25.8 Å². The Bertz CT molecular complexity index is 647. The van der Waals surface area contributed by atoms with Crippen molar-refractivity contribution >= 4 is 21.6 Å². The summed E-state index contributed by atoms with van der Waals surface area (Å²) in [5, 5.41) is 8.87. The third kappa shape index (κ3) is 2.76. The van der Waals surface area contributed by atoms with Crippen molar-refractivity contribution in [3.8, 4) is 6.07 Å². The SMILES string of the molecule is CC1(C)CCN(S(=O)(=O)c2ccc(C#N)cc2Cl)C1. The molecule has 0 amide bonds. The fourth-order valence-electron chi connectivity index (χ4n) is 2.19. The van der Waals surface area contributed by atoms with Crippen LogP contribution >= 0.6 is 11.6 Å². The number of benzene rings is 1. The summed E-state index contributed by atoms with van der Waals surface area (Å²) in [6.45, 7) is 5.09. The van der Waals surface area contributed by atoms with E-state index in [9.17, 15) is 8.42 Å². The second kappa shape index (κ2) is 4.78. The minimum absolute atomic E-state index is 0.00780. The van der Waals surface area contributed by atoms with Crippen LogP contribution in [0, 0.1) is 16.7 Å².